The fraction of sp³-hybridized carbons (Fsp3) is 0.462. The van der Waals surface area contributed by atoms with Gasteiger partial charge in [0, 0.05) is 18.8 Å². The van der Waals surface area contributed by atoms with Crippen molar-refractivity contribution in [1.29, 1.82) is 0 Å². The quantitative estimate of drug-likeness (QED) is 0.844. The Morgan fingerprint density at radius 1 is 1.28 bits per heavy atom. The Bertz CT molecular complexity index is 386. The van der Waals surface area contributed by atoms with Crippen LogP contribution in [0, 0.1) is 5.82 Å². The zero-order chi connectivity index (χ0) is 12.8. The lowest BCUT2D eigenvalue weighted by atomic mass is 10.3. The van der Waals surface area contributed by atoms with Gasteiger partial charge < -0.3 is 10.6 Å². The lowest BCUT2D eigenvalue weighted by Crippen LogP contribution is -2.35. The summed E-state index contributed by atoms with van der Waals surface area (Å²) in [4.78, 5) is 13.9. The molecule has 1 saturated heterocycles. The summed E-state index contributed by atoms with van der Waals surface area (Å²) in [6.45, 7) is 4.14. The lowest BCUT2D eigenvalue weighted by Gasteiger charge is -2.18. The molecule has 1 fully saturated rings. The number of rotatable bonds is 3. The predicted molar refractivity (Wildman–Crippen MR) is 69.0 cm³/mol. The van der Waals surface area contributed by atoms with Gasteiger partial charge in [-0.3, -0.25) is 9.69 Å². The first-order valence-corrected chi connectivity index (χ1v) is 6.22. The summed E-state index contributed by atoms with van der Waals surface area (Å²) < 4.78 is 12.7. The van der Waals surface area contributed by atoms with E-state index in [1.54, 1.807) is 12.1 Å². The van der Waals surface area contributed by atoms with Crippen LogP contribution < -0.4 is 10.6 Å². The van der Waals surface area contributed by atoms with Gasteiger partial charge in [-0.05, 0) is 43.8 Å². The zero-order valence-electron chi connectivity index (χ0n) is 10.3. The summed E-state index contributed by atoms with van der Waals surface area (Å²) in [6.07, 6.45) is 1.06. The molecular weight excluding hydrogens is 233 g/mol. The first-order valence-electron chi connectivity index (χ1n) is 6.22. The molecule has 0 radical (unpaired) electrons. The molecule has 4 nitrogen and oxygen atoms in total. The number of nitrogens with one attached hydrogen (secondary N) is 2. The highest BCUT2D eigenvalue weighted by atomic mass is 19.1. The third-order valence-corrected chi connectivity index (χ3v) is 2.93. The largest absolute Gasteiger partial charge is 0.325 e. The first kappa shape index (κ1) is 13.0. The predicted octanol–water partition coefficient (Wildman–Crippen LogP) is 1.06. The minimum atomic E-state index is -0.299. The molecule has 2 rings (SSSR count). The van der Waals surface area contributed by atoms with E-state index < -0.39 is 0 Å². The molecule has 1 amide bonds. The molecule has 1 aromatic carbocycles. The molecule has 0 spiro atoms. The number of benzene rings is 1. The first-order chi connectivity index (χ1) is 8.74. The van der Waals surface area contributed by atoms with Crippen LogP contribution in [0.1, 0.15) is 6.42 Å². The molecule has 0 saturated carbocycles. The highest BCUT2D eigenvalue weighted by molar-refractivity contribution is 5.92. The number of halogens is 1. The number of hydrogen-bond donors (Lipinski definition) is 2. The third-order valence-electron chi connectivity index (χ3n) is 2.93. The van der Waals surface area contributed by atoms with E-state index in [1.807, 2.05) is 0 Å². The van der Waals surface area contributed by atoms with Crippen LogP contribution in [0.4, 0.5) is 10.1 Å². The molecule has 1 aliphatic heterocycles. The minimum Gasteiger partial charge on any atom is -0.325 e. The highest BCUT2D eigenvalue weighted by Gasteiger charge is 2.12. The van der Waals surface area contributed by atoms with Crippen LogP contribution >= 0.6 is 0 Å². The molecule has 1 aromatic rings. The molecule has 5 heteroatoms. The Kier molecular flexibility index (Phi) is 4.66. The molecule has 2 N–H and O–H groups in total. The summed E-state index contributed by atoms with van der Waals surface area (Å²) in [5.41, 5.74) is 0.634. The summed E-state index contributed by atoms with van der Waals surface area (Å²) in [5.74, 6) is -0.352. The maximum absolute atomic E-state index is 12.7. The molecule has 0 unspecified atom stereocenters. The van der Waals surface area contributed by atoms with Crippen LogP contribution in [0.2, 0.25) is 0 Å². The standard InChI is InChI=1S/C13H18FN3O/c14-11-2-4-12(5-3-11)16-13(18)10-17-8-1-6-15-7-9-17/h2-5,15H,1,6-10H2,(H,16,18). The monoisotopic (exact) mass is 251 g/mol. The Balaban J connectivity index is 1.82. The Hall–Kier alpha value is -1.46. The Morgan fingerprint density at radius 2 is 2.06 bits per heavy atom. The number of nitrogens with zero attached hydrogens (tertiary/aromatic N) is 1. The highest BCUT2D eigenvalue weighted by Crippen LogP contribution is 2.08. The van der Waals surface area contributed by atoms with Gasteiger partial charge in [0.1, 0.15) is 5.82 Å². The zero-order valence-corrected chi connectivity index (χ0v) is 10.3. The fourth-order valence-corrected chi connectivity index (χ4v) is 2.00. The molecular formula is C13H18FN3O. The SMILES string of the molecule is O=C(CN1CCCNCC1)Nc1ccc(F)cc1. The van der Waals surface area contributed by atoms with Crippen molar-refractivity contribution in [2.24, 2.45) is 0 Å². The van der Waals surface area contributed by atoms with Gasteiger partial charge in [-0.25, -0.2) is 4.39 Å². The molecule has 1 heterocycles. The maximum Gasteiger partial charge on any atom is 0.238 e. The average molecular weight is 251 g/mol. The number of carbonyl (C=O) groups is 1. The smallest absolute Gasteiger partial charge is 0.238 e. The van der Waals surface area contributed by atoms with Crippen LogP contribution in [0.5, 0.6) is 0 Å². The number of anilines is 1. The summed E-state index contributed by atoms with van der Waals surface area (Å²) in [5, 5.41) is 6.06. The molecule has 0 aliphatic carbocycles. The molecule has 0 bridgehead atoms. The van der Waals surface area contributed by atoms with Crippen molar-refractivity contribution in [3.05, 3.63) is 30.1 Å². The van der Waals surface area contributed by atoms with E-state index in [9.17, 15) is 9.18 Å². The second kappa shape index (κ2) is 6.47. The van der Waals surface area contributed by atoms with Crippen LogP contribution in [0.15, 0.2) is 24.3 Å². The van der Waals surface area contributed by atoms with Gasteiger partial charge in [0.05, 0.1) is 6.54 Å². The average Bonchev–Trinajstić information content (AvgIpc) is 2.61. The molecule has 98 valence electrons. The van der Waals surface area contributed by atoms with Crippen molar-refractivity contribution in [2.75, 3.05) is 38.0 Å². The van der Waals surface area contributed by atoms with Gasteiger partial charge in [0.25, 0.3) is 0 Å². The fourth-order valence-electron chi connectivity index (χ4n) is 2.00. The van der Waals surface area contributed by atoms with Crippen LogP contribution in [0.3, 0.4) is 0 Å². The summed E-state index contributed by atoms with van der Waals surface area (Å²) in [7, 11) is 0. The van der Waals surface area contributed by atoms with E-state index in [0.29, 0.717) is 12.2 Å². The minimum absolute atomic E-state index is 0.0523. The third kappa shape index (κ3) is 4.09. The van der Waals surface area contributed by atoms with Crippen molar-refractivity contribution in [3.8, 4) is 0 Å². The van der Waals surface area contributed by atoms with E-state index in [0.717, 1.165) is 32.6 Å². The Morgan fingerprint density at radius 3 is 2.83 bits per heavy atom. The Labute approximate surface area is 106 Å². The van der Waals surface area contributed by atoms with Gasteiger partial charge in [0.15, 0.2) is 0 Å². The lowest BCUT2D eigenvalue weighted by molar-refractivity contribution is -0.117. The number of carbonyl (C=O) groups excluding carboxylic acids is 1. The van der Waals surface area contributed by atoms with Crippen molar-refractivity contribution in [3.63, 3.8) is 0 Å². The summed E-state index contributed by atoms with van der Waals surface area (Å²) in [6, 6.07) is 5.81. The molecule has 0 aromatic heterocycles. The maximum atomic E-state index is 12.7. The van der Waals surface area contributed by atoms with Gasteiger partial charge in [-0.1, -0.05) is 0 Å². The van der Waals surface area contributed by atoms with Crippen LogP contribution in [0.25, 0.3) is 0 Å². The van der Waals surface area contributed by atoms with E-state index >= 15 is 0 Å². The van der Waals surface area contributed by atoms with Gasteiger partial charge in [-0.2, -0.15) is 0 Å². The molecule has 18 heavy (non-hydrogen) atoms. The molecule has 0 atom stereocenters. The summed E-state index contributed by atoms with van der Waals surface area (Å²) >= 11 is 0. The van der Waals surface area contributed by atoms with E-state index in [-0.39, 0.29) is 11.7 Å². The number of hydrogen-bond acceptors (Lipinski definition) is 3. The van der Waals surface area contributed by atoms with Gasteiger partial charge in [0.2, 0.25) is 5.91 Å². The van der Waals surface area contributed by atoms with Crippen molar-refractivity contribution < 1.29 is 9.18 Å². The number of amides is 1. The van der Waals surface area contributed by atoms with Crippen molar-refractivity contribution >= 4 is 11.6 Å². The second-order valence-corrected chi connectivity index (χ2v) is 4.43. The van der Waals surface area contributed by atoms with Crippen molar-refractivity contribution in [1.82, 2.24) is 10.2 Å². The van der Waals surface area contributed by atoms with Gasteiger partial charge >= 0.3 is 0 Å². The van der Waals surface area contributed by atoms with Gasteiger partial charge in [-0.15, -0.1) is 0 Å². The van der Waals surface area contributed by atoms with Crippen LogP contribution in [-0.4, -0.2) is 43.5 Å². The molecule has 1 aliphatic rings. The van der Waals surface area contributed by atoms with Crippen LogP contribution in [-0.2, 0) is 4.79 Å². The van der Waals surface area contributed by atoms with E-state index in [2.05, 4.69) is 15.5 Å². The normalized spacial score (nSPS) is 17.2. The van der Waals surface area contributed by atoms with Crippen molar-refractivity contribution in [2.45, 2.75) is 6.42 Å². The van der Waals surface area contributed by atoms with E-state index in [1.165, 1.54) is 12.1 Å². The van der Waals surface area contributed by atoms with E-state index in [4.69, 9.17) is 0 Å². The topological polar surface area (TPSA) is 44.4 Å². The second-order valence-electron chi connectivity index (χ2n) is 4.43.